The topological polar surface area (TPSA) is 50.8 Å². The highest BCUT2D eigenvalue weighted by molar-refractivity contribution is 5.97. The van der Waals surface area contributed by atoms with Crippen molar-refractivity contribution in [1.29, 1.82) is 0 Å². The zero-order valence-corrected chi connectivity index (χ0v) is 16.6. The van der Waals surface area contributed by atoms with E-state index in [1.807, 2.05) is 30.0 Å². The van der Waals surface area contributed by atoms with E-state index in [-0.39, 0.29) is 16.9 Å². The van der Waals surface area contributed by atoms with Gasteiger partial charge in [-0.3, -0.25) is 4.79 Å². The molecule has 1 aromatic rings. The SMILES string of the molecule is Cc1c(NCC(C)(C)C)cccc1C(=O)N1CCOC2(CCCOC2)C1. The Kier molecular flexibility index (Phi) is 5.58. The largest absolute Gasteiger partial charge is 0.384 e. The number of hydrogen-bond acceptors (Lipinski definition) is 4. The quantitative estimate of drug-likeness (QED) is 0.897. The maximum absolute atomic E-state index is 13.2. The van der Waals surface area contributed by atoms with E-state index in [4.69, 9.17) is 9.47 Å². The van der Waals surface area contributed by atoms with Gasteiger partial charge in [-0.2, -0.15) is 0 Å². The number of nitrogens with one attached hydrogen (secondary N) is 1. The molecule has 1 spiro atoms. The molecule has 1 amide bonds. The van der Waals surface area contributed by atoms with Gasteiger partial charge in [-0.1, -0.05) is 26.8 Å². The predicted molar refractivity (Wildman–Crippen MR) is 104 cm³/mol. The van der Waals surface area contributed by atoms with Crippen LogP contribution < -0.4 is 5.32 Å². The van der Waals surface area contributed by atoms with Gasteiger partial charge in [-0.15, -0.1) is 0 Å². The summed E-state index contributed by atoms with van der Waals surface area (Å²) in [6, 6.07) is 5.94. The molecule has 1 unspecified atom stereocenters. The smallest absolute Gasteiger partial charge is 0.254 e. The Morgan fingerprint density at radius 1 is 1.31 bits per heavy atom. The number of morpholine rings is 1. The van der Waals surface area contributed by atoms with Gasteiger partial charge < -0.3 is 19.7 Å². The minimum atomic E-state index is -0.317. The lowest BCUT2D eigenvalue weighted by Gasteiger charge is -2.44. The fourth-order valence-corrected chi connectivity index (χ4v) is 3.67. The van der Waals surface area contributed by atoms with Crippen LogP contribution in [-0.2, 0) is 9.47 Å². The molecule has 26 heavy (non-hydrogen) atoms. The predicted octanol–water partition coefficient (Wildman–Crippen LogP) is 3.47. The lowest BCUT2D eigenvalue weighted by atomic mass is 9.93. The van der Waals surface area contributed by atoms with Crippen molar-refractivity contribution >= 4 is 11.6 Å². The van der Waals surface area contributed by atoms with Gasteiger partial charge >= 0.3 is 0 Å². The zero-order chi connectivity index (χ0) is 18.8. The number of anilines is 1. The molecule has 0 aliphatic carbocycles. The van der Waals surface area contributed by atoms with E-state index in [0.717, 1.165) is 42.8 Å². The van der Waals surface area contributed by atoms with Crippen LogP contribution in [0.15, 0.2) is 18.2 Å². The summed E-state index contributed by atoms with van der Waals surface area (Å²) >= 11 is 0. The highest BCUT2D eigenvalue weighted by Crippen LogP contribution is 2.29. The van der Waals surface area contributed by atoms with Gasteiger partial charge in [0.25, 0.3) is 5.91 Å². The Morgan fingerprint density at radius 3 is 2.81 bits per heavy atom. The Bertz CT molecular complexity index is 640. The Balaban J connectivity index is 1.75. The molecular weight excluding hydrogens is 328 g/mol. The lowest BCUT2D eigenvalue weighted by Crippen LogP contribution is -2.57. The van der Waals surface area contributed by atoms with Crippen LogP contribution in [0.5, 0.6) is 0 Å². The van der Waals surface area contributed by atoms with Gasteiger partial charge in [0.15, 0.2) is 0 Å². The number of hydrogen-bond donors (Lipinski definition) is 1. The van der Waals surface area contributed by atoms with E-state index >= 15 is 0 Å². The Hall–Kier alpha value is -1.59. The Morgan fingerprint density at radius 2 is 2.12 bits per heavy atom. The fraction of sp³-hybridized carbons (Fsp3) is 0.667. The molecule has 1 aromatic carbocycles. The summed E-state index contributed by atoms with van der Waals surface area (Å²) in [5.74, 6) is 0.0927. The summed E-state index contributed by atoms with van der Waals surface area (Å²) in [6.45, 7) is 12.7. The summed E-state index contributed by atoms with van der Waals surface area (Å²) in [4.78, 5) is 15.1. The minimum absolute atomic E-state index is 0.0927. The second-order valence-corrected chi connectivity index (χ2v) is 8.81. The van der Waals surface area contributed by atoms with Crippen LogP contribution in [0.4, 0.5) is 5.69 Å². The number of amides is 1. The van der Waals surface area contributed by atoms with Crippen molar-refractivity contribution in [3.63, 3.8) is 0 Å². The van der Waals surface area contributed by atoms with Crippen LogP contribution in [0.2, 0.25) is 0 Å². The third-order valence-corrected chi connectivity index (χ3v) is 5.20. The molecule has 5 heteroatoms. The summed E-state index contributed by atoms with van der Waals surface area (Å²) in [5, 5.41) is 3.49. The molecule has 0 saturated carbocycles. The molecule has 0 aromatic heterocycles. The summed E-state index contributed by atoms with van der Waals surface area (Å²) in [6.07, 6.45) is 1.95. The first-order valence-electron chi connectivity index (χ1n) is 9.64. The first-order chi connectivity index (χ1) is 12.3. The standard InChI is InChI=1S/C21H32N2O3/c1-16-17(7-5-8-18(16)22-13-20(2,3)4)19(24)23-10-12-26-21(14-23)9-6-11-25-15-21/h5,7-8,22H,6,9-15H2,1-4H3. The molecule has 2 aliphatic heterocycles. The van der Waals surface area contributed by atoms with Crippen LogP contribution in [0, 0.1) is 12.3 Å². The van der Waals surface area contributed by atoms with Crippen molar-refractivity contribution in [2.75, 3.05) is 44.8 Å². The highest BCUT2D eigenvalue weighted by atomic mass is 16.5. The second-order valence-electron chi connectivity index (χ2n) is 8.81. The molecule has 144 valence electrons. The maximum Gasteiger partial charge on any atom is 0.254 e. The number of nitrogens with zero attached hydrogens (tertiary/aromatic N) is 1. The number of benzene rings is 1. The first kappa shape index (κ1) is 19.2. The maximum atomic E-state index is 13.2. The van der Waals surface area contributed by atoms with Crippen molar-refractivity contribution in [1.82, 2.24) is 4.90 Å². The fourth-order valence-electron chi connectivity index (χ4n) is 3.67. The number of carbonyl (C=O) groups excluding carboxylic acids is 1. The van der Waals surface area contributed by atoms with E-state index in [1.54, 1.807) is 0 Å². The van der Waals surface area contributed by atoms with Crippen LogP contribution in [-0.4, -0.2) is 55.9 Å². The van der Waals surface area contributed by atoms with Crippen molar-refractivity contribution in [2.45, 2.75) is 46.1 Å². The monoisotopic (exact) mass is 360 g/mol. The average Bonchev–Trinajstić information content (AvgIpc) is 2.60. The van der Waals surface area contributed by atoms with Gasteiger partial charge in [0.2, 0.25) is 0 Å². The molecule has 1 atom stereocenters. The van der Waals surface area contributed by atoms with Gasteiger partial charge in [0.1, 0.15) is 5.60 Å². The number of rotatable bonds is 3. The molecule has 2 saturated heterocycles. The molecule has 2 heterocycles. The number of carbonyl (C=O) groups is 1. The third kappa shape index (κ3) is 4.38. The summed E-state index contributed by atoms with van der Waals surface area (Å²) in [5.41, 5.74) is 2.70. The lowest BCUT2D eigenvalue weighted by molar-refractivity contribution is -0.160. The van der Waals surface area contributed by atoms with Crippen LogP contribution in [0.25, 0.3) is 0 Å². The van der Waals surface area contributed by atoms with Crippen LogP contribution in [0.3, 0.4) is 0 Å². The van der Waals surface area contributed by atoms with Crippen LogP contribution >= 0.6 is 0 Å². The highest BCUT2D eigenvalue weighted by Gasteiger charge is 2.40. The normalized spacial score (nSPS) is 23.9. The first-order valence-corrected chi connectivity index (χ1v) is 9.64. The van der Waals surface area contributed by atoms with Gasteiger partial charge in [-0.05, 0) is 42.9 Å². The third-order valence-electron chi connectivity index (χ3n) is 5.20. The van der Waals surface area contributed by atoms with Gasteiger partial charge in [-0.25, -0.2) is 0 Å². The van der Waals surface area contributed by atoms with Crippen LogP contribution in [0.1, 0.15) is 49.5 Å². The van der Waals surface area contributed by atoms with E-state index in [1.165, 1.54) is 0 Å². The summed E-state index contributed by atoms with van der Waals surface area (Å²) < 4.78 is 11.7. The van der Waals surface area contributed by atoms with Gasteiger partial charge in [0, 0.05) is 30.9 Å². The number of ether oxygens (including phenoxy) is 2. The van der Waals surface area contributed by atoms with Crippen molar-refractivity contribution in [3.05, 3.63) is 29.3 Å². The molecule has 2 aliphatic rings. The molecule has 2 fully saturated rings. The van der Waals surface area contributed by atoms with E-state index in [0.29, 0.717) is 26.3 Å². The molecule has 3 rings (SSSR count). The minimum Gasteiger partial charge on any atom is -0.384 e. The zero-order valence-electron chi connectivity index (χ0n) is 16.6. The average molecular weight is 360 g/mol. The van der Waals surface area contributed by atoms with Gasteiger partial charge in [0.05, 0.1) is 19.8 Å². The molecule has 0 radical (unpaired) electrons. The van der Waals surface area contributed by atoms with E-state index < -0.39 is 0 Å². The molecular formula is C21H32N2O3. The van der Waals surface area contributed by atoms with Crippen molar-refractivity contribution in [3.8, 4) is 0 Å². The second kappa shape index (κ2) is 7.57. The van der Waals surface area contributed by atoms with Crippen molar-refractivity contribution in [2.24, 2.45) is 5.41 Å². The van der Waals surface area contributed by atoms with E-state index in [9.17, 15) is 4.79 Å². The van der Waals surface area contributed by atoms with Crippen molar-refractivity contribution < 1.29 is 14.3 Å². The van der Waals surface area contributed by atoms with E-state index in [2.05, 4.69) is 26.1 Å². The molecule has 0 bridgehead atoms. The molecule has 5 nitrogen and oxygen atoms in total. The molecule has 1 N–H and O–H groups in total. The summed E-state index contributed by atoms with van der Waals surface area (Å²) in [7, 11) is 0. The Labute approximate surface area is 157 Å².